The summed E-state index contributed by atoms with van der Waals surface area (Å²) >= 11 is 0. The summed E-state index contributed by atoms with van der Waals surface area (Å²) < 4.78 is 0. The van der Waals surface area contributed by atoms with Crippen molar-refractivity contribution in [1.29, 1.82) is 0 Å². The van der Waals surface area contributed by atoms with Crippen LogP contribution in [0.1, 0.15) is 42.9 Å². The van der Waals surface area contributed by atoms with E-state index < -0.39 is 0 Å². The molecule has 3 rings (SSSR count). The fourth-order valence-corrected chi connectivity index (χ4v) is 3.60. The van der Waals surface area contributed by atoms with E-state index in [1.54, 1.807) is 11.1 Å². The third-order valence-electron chi connectivity index (χ3n) is 4.63. The average molecular weight is 264 g/mol. The summed E-state index contributed by atoms with van der Waals surface area (Å²) in [6.45, 7) is 6.89. The van der Waals surface area contributed by atoms with E-state index in [-0.39, 0.29) is 12.4 Å². The van der Waals surface area contributed by atoms with Crippen LogP contribution in [-0.2, 0) is 6.42 Å². The van der Waals surface area contributed by atoms with Crippen molar-refractivity contribution in [3.05, 3.63) is 41.0 Å². The largest absolute Gasteiger partial charge is 0.316 e. The lowest BCUT2D eigenvalue weighted by molar-refractivity contribution is 0.277. The standard InChI is InChI=1S/C16H21N.ClH/c1-3-5-12-6-4-7-14-13(12)8-9-16(2)11-17-10-15(14)16;/h3-7,15,17H,8-11H2,1-2H3;1H/b5-3-;/t15-,16+;/m1./s1. The molecule has 1 saturated heterocycles. The lowest BCUT2D eigenvalue weighted by Gasteiger charge is -2.37. The van der Waals surface area contributed by atoms with Crippen LogP contribution in [0.5, 0.6) is 0 Å². The Hall–Kier alpha value is -0.790. The van der Waals surface area contributed by atoms with Crippen LogP contribution in [0.3, 0.4) is 0 Å². The van der Waals surface area contributed by atoms with Crippen LogP contribution in [0.25, 0.3) is 6.08 Å². The number of benzene rings is 1. The highest BCUT2D eigenvalue weighted by Gasteiger charge is 2.43. The van der Waals surface area contributed by atoms with Crippen molar-refractivity contribution in [2.75, 3.05) is 13.1 Å². The van der Waals surface area contributed by atoms with E-state index in [1.165, 1.54) is 24.9 Å². The molecule has 0 amide bonds. The van der Waals surface area contributed by atoms with E-state index in [1.807, 2.05) is 0 Å². The Morgan fingerprint density at radius 2 is 2.22 bits per heavy atom. The third-order valence-corrected chi connectivity index (χ3v) is 4.63. The van der Waals surface area contributed by atoms with Crippen LogP contribution < -0.4 is 5.32 Å². The number of fused-ring (bicyclic) bond motifs is 3. The molecule has 1 nitrogen and oxygen atoms in total. The van der Waals surface area contributed by atoms with Gasteiger partial charge in [0.25, 0.3) is 0 Å². The molecule has 1 fully saturated rings. The topological polar surface area (TPSA) is 12.0 Å². The van der Waals surface area contributed by atoms with Gasteiger partial charge in [0.1, 0.15) is 0 Å². The number of halogens is 1. The molecule has 0 saturated carbocycles. The summed E-state index contributed by atoms with van der Waals surface area (Å²) in [6.07, 6.45) is 6.97. The van der Waals surface area contributed by atoms with Gasteiger partial charge in [0.15, 0.2) is 0 Å². The highest BCUT2D eigenvalue weighted by atomic mass is 35.5. The minimum atomic E-state index is 0. The minimum absolute atomic E-state index is 0. The molecule has 2 heteroatoms. The van der Waals surface area contributed by atoms with Crippen molar-refractivity contribution in [1.82, 2.24) is 5.32 Å². The molecule has 2 atom stereocenters. The van der Waals surface area contributed by atoms with Crippen molar-refractivity contribution in [3.63, 3.8) is 0 Å². The van der Waals surface area contributed by atoms with Crippen LogP contribution in [0.2, 0.25) is 0 Å². The summed E-state index contributed by atoms with van der Waals surface area (Å²) in [5.74, 6) is 0.719. The van der Waals surface area contributed by atoms with Crippen molar-refractivity contribution >= 4 is 18.5 Å². The molecule has 0 bridgehead atoms. The van der Waals surface area contributed by atoms with E-state index in [4.69, 9.17) is 0 Å². The van der Waals surface area contributed by atoms with Crippen LogP contribution >= 0.6 is 12.4 Å². The predicted octanol–water partition coefficient (Wildman–Crippen LogP) is 3.78. The van der Waals surface area contributed by atoms with Gasteiger partial charge < -0.3 is 5.32 Å². The molecule has 0 unspecified atom stereocenters. The predicted molar refractivity (Wildman–Crippen MR) is 80.4 cm³/mol. The van der Waals surface area contributed by atoms with E-state index in [0.717, 1.165) is 12.5 Å². The molecule has 0 radical (unpaired) electrons. The molecule has 1 heterocycles. The molecule has 1 aliphatic carbocycles. The van der Waals surface area contributed by atoms with Gasteiger partial charge in [-0.05, 0) is 41.9 Å². The average Bonchev–Trinajstić information content (AvgIpc) is 2.72. The second-order valence-corrected chi connectivity index (χ2v) is 5.75. The Labute approximate surface area is 116 Å². The highest BCUT2D eigenvalue weighted by Crippen LogP contribution is 2.48. The maximum absolute atomic E-state index is 3.58. The van der Waals surface area contributed by atoms with E-state index in [2.05, 4.69) is 49.5 Å². The lowest BCUT2D eigenvalue weighted by atomic mass is 9.66. The molecule has 98 valence electrons. The Morgan fingerprint density at radius 3 is 3.00 bits per heavy atom. The summed E-state index contributed by atoms with van der Waals surface area (Å²) in [7, 11) is 0. The fourth-order valence-electron chi connectivity index (χ4n) is 3.60. The first kappa shape index (κ1) is 13.6. The zero-order valence-corrected chi connectivity index (χ0v) is 12.0. The number of nitrogens with one attached hydrogen (secondary N) is 1. The molecular formula is C16H22ClN. The highest BCUT2D eigenvalue weighted by molar-refractivity contribution is 5.85. The van der Waals surface area contributed by atoms with Crippen LogP contribution in [0.15, 0.2) is 24.3 Å². The molecule has 0 aromatic heterocycles. The number of rotatable bonds is 1. The van der Waals surface area contributed by atoms with Crippen molar-refractivity contribution < 1.29 is 0 Å². The number of hydrogen-bond donors (Lipinski definition) is 1. The number of allylic oxidation sites excluding steroid dienone is 1. The third kappa shape index (κ3) is 2.00. The summed E-state index contributed by atoms with van der Waals surface area (Å²) in [5, 5.41) is 3.58. The van der Waals surface area contributed by atoms with Gasteiger partial charge in [0, 0.05) is 19.0 Å². The molecule has 1 aliphatic heterocycles. The molecule has 18 heavy (non-hydrogen) atoms. The van der Waals surface area contributed by atoms with Gasteiger partial charge in [-0.2, -0.15) is 0 Å². The first-order chi connectivity index (χ1) is 8.24. The first-order valence-electron chi connectivity index (χ1n) is 6.70. The molecule has 1 N–H and O–H groups in total. The van der Waals surface area contributed by atoms with Crippen LogP contribution in [0, 0.1) is 5.41 Å². The fraction of sp³-hybridized carbons (Fsp3) is 0.500. The summed E-state index contributed by atoms with van der Waals surface area (Å²) in [6, 6.07) is 6.82. The monoisotopic (exact) mass is 263 g/mol. The molecule has 2 aliphatic rings. The van der Waals surface area contributed by atoms with Gasteiger partial charge in [0.2, 0.25) is 0 Å². The Balaban J connectivity index is 0.00000120. The lowest BCUT2D eigenvalue weighted by Crippen LogP contribution is -2.30. The smallest absolute Gasteiger partial charge is 0.00324 e. The van der Waals surface area contributed by atoms with Gasteiger partial charge in [-0.15, -0.1) is 12.4 Å². The second kappa shape index (κ2) is 5.07. The Morgan fingerprint density at radius 1 is 1.39 bits per heavy atom. The molecule has 1 aromatic carbocycles. The van der Waals surface area contributed by atoms with Gasteiger partial charge in [-0.3, -0.25) is 0 Å². The Bertz CT molecular complexity index is 466. The second-order valence-electron chi connectivity index (χ2n) is 5.75. The maximum atomic E-state index is 3.58. The molecular weight excluding hydrogens is 242 g/mol. The maximum Gasteiger partial charge on any atom is 0.00324 e. The van der Waals surface area contributed by atoms with Crippen molar-refractivity contribution in [3.8, 4) is 0 Å². The van der Waals surface area contributed by atoms with Gasteiger partial charge in [-0.25, -0.2) is 0 Å². The SMILES string of the molecule is C/C=C\c1cccc2c1CC[C@@]1(C)CNC[C@H]21.Cl. The van der Waals surface area contributed by atoms with Crippen molar-refractivity contribution in [2.45, 2.75) is 32.6 Å². The summed E-state index contributed by atoms with van der Waals surface area (Å²) in [4.78, 5) is 0. The number of hydrogen-bond acceptors (Lipinski definition) is 1. The van der Waals surface area contributed by atoms with Crippen LogP contribution in [-0.4, -0.2) is 13.1 Å². The molecule has 1 aromatic rings. The molecule has 0 spiro atoms. The zero-order valence-electron chi connectivity index (χ0n) is 11.2. The first-order valence-corrected chi connectivity index (χ1v) is 6.70. The van der Waals surface area contributed by atoms with E-state index in [9.17, 15) is 0 Å². The zero-order chi connectivity index (χ0) is 11.9. The van der Waals surface area contributed by atoms with Gasteiger partial charge >= 0.3 is 0 Å². The Kier molecular flexibility index (Phi) is 3.84. The summed E-state index contributed by atoms with van der Waals surface area (Å²) in [5.41, 5.74) is 5.11. The van der Waals surface area contributed by atoms with Gasteiger partial charge in [0.05, 0.1) is 0 Å². The minimum Gasteiger partial charge on any atom is -0.316 e. The van der Waals surface area contributed by atoms with E-state index in [0.29, 0.717) is 5.41 Å². The normalized spacial score (nSPS) is 29.8. The van der Waals surface area contributed by atoms with Gasteiger partial charge in [-0.1, -0.05) is 37.3 Å². The quantitative estimate of drug-likeness (QED) is 0.813. The van der Waals surface area contributed by atoms with Crippen LogP contribution in [0.4, 0.5) is 0 Å². The van der Waals surface area contributed by atoms with Crippen molar-refractivity contribution in [2.24, 2.45) is 5.41 Å². The van der Waals surface area contributed by atoms with E-state index >= 15 is 0 Å².